The standard InChI is InChI=1S/C14H10ClFN2O3/c15-10-3-1-2-4-11(10)17-14(21)18-12-7-8(16)5-6-9(12)13(19)20/h1-7H,(H,19,20)(H2,17,18,21). The van der Waals surface area contributed by atoms with Crippen LogP contribution in [0.5, 0.6) is 0 Å². The number of hydrogen-bond donors (Lipinski definition) is 3. The molecule has 0 aliphatic rings. The lowest BCUT2D eigenvalue weighted by Crippen LogP contribution is -2.21. The number of carboxylic acids is 1. The van der Waals surface area contributed by atoms with Gasteiger partial charge in [-0.25, -0.2) is 14.0 Å². The van der Waals surface area contributed by atoms with Gasteiger partial charge in [0.2, 0.25) is 0 Å². The fourth-order valence-corrected chi connectivity index (χ4v) is 1.83. The third-order valence-electron chi connectivity index (χ3n) is 2.58. The first-order valence-electron chi connectivity index (χ1n) is 5.83. The monoisotopic (exact) mass is 308 g/mol. The molecule has 0 aliphatic carbocycles. The van der Waals surface area contributed by atoms with E-state index >= 15 is 0 Å². The minimum atomic E-state index is -1.27. The summed E-state index contributed by atoms with van der Waals surface area (Å²) in [6, 6.07) is 8.80. The highest BCUT2D eigenvalue weighted by Gasteiger charge is 2.14. The lowest BCUT2D eigenvalue weighted by Gasteiger charge is -2.11. The molecule has 2 rings (SSSR count). The number of carbonyl (C=O) groups excluding carboxylic acids is 1. The van der Waals surface area contributed by atoms with Crippen LogP contribution in [0.25, 0.3) is 0 Å². The van der Waals surface area contributed by atoms with E-state index in [0.717, 1.165) is 18.2 Å². The van der Waals surface area contributed by atoms with E-state index in [-0.39, 0.29) is 11.3 Å². The largest absolute Gasteiger partial charge is 0.478 e. The molecule has 21 heavy (non-hydrogen) atoms. The second-order valence-electron chi connectivity index (χ2n) is 4.05. The molecule has 2 aromatic carbocycles. The number of anilines is 2. The summed E-state index contributed by atoms with van der Waals surface area (Å²) in [5.41, 5.74) is -0.0114. The maximum Gasteiger partial charge on any atom is 0.337 e. The van der Waals surface area contributed by atoms with Crippen molar-refractivity contribution >= 4 is 35.0 Å². The van der Waals surface area contributed by atoms with E-state index in [2.05, 4.69) is 10.6 Å². The number of carbonyl (C=O) groups is 2. The summed E-state index contributed by atoms with van der Waals surface area (Å²) in [4.78, 5) is 22.8. The van der Waals surface area contributed by atoms with Crippen molar-refractivity contribution in [1.29, 1.82) is 0 Å². The Labute approximate surface area is 124 Å². The second kappa shape index (κ2) is 6.23. The van der Waals surface area contributed by atoms with E-state index in [4.69, 9.17) is 16.7 Å². The Kier molecular flexibility index (Phi) is 4.39. The molecule has 0 saturated heterocycles. The van der Waals surface area contributed by atoms with E-state index in [1.54, 1.807) is 24.3 Å². The van der Waals surface area contributed by atoms with Crippen molar-refractivity contribution in [3.05, 3.63) is 58.9 Å². The predicted molar refractivity (Wildman–Crippen MR) is 77.5 cm³/mol. The minimum absolute atomic E-state index is 0.146. The van der Waals surface area contributed by atoms with Gasteiger partial charge in [-0.15, -0.1) is 0 Å². The smallest absolute Gasteiger partial charge is 0.337 e. The van der Waals surface area contributed by atoms with E-state index in [9.17, 15) is 14.0 Å². The summed E-state index contributed by atoms with van der Waals surface area (Å²) in [5.74, 6) is -1.93. The summed E-state index contributed by atoms with van der Waals surface area (Å²) in [6.07, 6.45) is 0. The lowest BCUT2D eigenvalue weighted by molar-refractivity contribution is 0.0698. The van der Waals surface area contributed by atoms with Crippen molar-refractivity contribution in [2.75, 3.05) is 10.6 Å². The fourth-order valence-electron chi connectivity index (χ4n) is 1.64. The summed E-state index contributed by atoms with van der Waals surface area (Å²) < 4.78 is 13.2. The number of halogens is 2. The van der Waals surface area contributed by atoms with Crippen LogP contribution >= 0.6 is 11.6 Å². The zero-order valence-corrected chi connectivity index (χ0v) is 11.3. The van der Waals surface area contributed by atoms with Gasteiger partial charge >= 0.3 is 12.0 Å². The van der Waals surface area contributed by atoms with Crippen molar-refractivity contribution in [2.24, 2.45) is 0 Å². The lowest BCUT2D eigenvalue weighted by atomic mass is 10.2. The van der Waals surface area contributed by atoms with Gasteiger partial charge in [0.15, 0.2) is 0 Å². The molecule has 0 unspecified atom stereocenters. The average Bonchev–Trinajstić information content (AvgIpc) is 2.41. The first-order chi connectivity index (χ1) is 9.97. The maximum absolute atomic E-state index is 13.2. The van der Waals surface area contributed by atoms with Gasteiger partial charge in [-0.05, 0) is 30.3 Å². The zero-order valence-electron chi connectivity index (χ0n) is 10.6. The number of aromatic carboxylic acids is 1. The van der Waals surface area contributed by atoms with E-state index in [1.807, 2.05) is 0 Å². The molecule has 7 heteroatoms. The molecule has 2 aromatic rings. The summed E-state index contributed by atoms with van der Waals surface area (Å²) in [7, 11) is 0. The number of hydrogen-bond acceptors (Lipinski definition) is 2. The van der Waals surface area contributed by atoms with Crippen LogP contribution in [-0.4, -0.2) is 17.1 Å². The number of benzene rings is 2. The molecule has 0 saturated carbocycles. The number of urea groups is 1. The molecule has 0 aliphatic heterocycles. The molecule has 0 heterocycles. The first-order valence-corrected chi connectivity index (χ1v) is 6.20. The van der Waals surface area contributed by atoms with Gasteiger partial charge in [-0.1, -0.05) is 23.7 Å². The van der Waals surface area contributed by atoms with Gasteiger partial charge in [-0.2, -0.15) is 0 Å². The van der Waals surface area contributed by atoms with Crippen molar-refractivity contribution in [3.8, 4) is 0 Å². The van der Waals surface area contributed by atoms with Gasteiger partial charge in [0.1, 0.15) is 5.82 Å². The fraction of sp³-hybridized carbons (Fsp3) is 0. The Morgan fingerprint density at radius 1 is 1.05 bits per heavy atom. The van der Waals surface area contributed by atoms with Gasteiger partial charge in [0.05, 0.1) is 22.0 Å². The van der Waals surface area contributed by atoms with Crippen LogP contribution < -0.4 is 10.6 Å². The molecule has 108 valence electrons. The molecule has 0 spiro atoms. The van der Waals surface area contributed by atoms with Crippen molar-refractivity contribution in [1.82, 2.24) is 0 Å². The van der Waals surface area contributed by atoms with E-state index < -0.39 is 17.8 Å². The highest BCUT2D eigenvalue weighted by molar-refractivity contribution is 6.33. The molecular weight excluding hydrogens is 299 g/mol. The number of amides is 2. The molecular formula is C14H10ClFN2O3. The Morgan fingerprint density at radius 3 is 2.38 bits per heavy atom. The Bertz CT molecular complexity index is 706. The molecule has 3 N–H and O–H groups in total. The van der Waals surface area contributed by atoms with Crippen LogP contribution in [0.2, 0.25) is 5.02 Å². The van der Waals surface area contributed by atoms with Crippen LogP contribution in [0.3, 0.4) is 0 Å². The molecule has 0 atom stereocenters. The maximum atomic E-state index is 13.2. The average molecular weight is 309 g/mol. The van der Waals surface area contributed by atoms with Crippen LogP contribution in [0.1, 0.15) is 10.4 Å². The predicted octanol–water partition coefficient (Wildman–Crippen LogP) is 3.82. The summed E-state index contributed by atoms with van der Waals surface area (Å²) in [6.45, 7) is 0. The highest BCUT2D eigenvalue weighted by atomic mass is 35.5. The number of para-hydroxylation sites is 1. The van der Waals surface area contributed by atoms with Gasteiger partial charge in [-0.3, -0.25) is 0 Å². The highest BCUT2D eigenvalue weighted by Crippen LogP contribution is 2.22. The minimum Gasteiger partial charge on any atom is -0.478 e. The van der Waals surface area contributed by atoms with Crippen LogP contribution in [-0.2, 0) is 0 Å². The van der Waals surface area contributed by atoms with Gasteiger partial charge < -0.3 is 15.7 Å². The molecule has 0 fully saturated rings. The van der Waals surface area contributed by atoms with Gasteiger partial charge in [0.25, 0.3) is 0 Å². The molecule has 5 nitrogen and oxygen atoms in total. The quantitative estimate of drug-likeness (QED) is 0.806. The van der Waals surface area contributed by atoms with Crippen molar-refractivity contribution in [3.63, 3.8) is 0 Å². The number of rotatable bonds is 3. The van der Waals surface area contributed by atoms with Gasteiger partial charge in [0, 0.05) is 0 Å². The van der Waals surface area contributed by atoms with Crippen LogP contribution in [0.4, 0.5) is 20.6 Å². The molecule has 0 aromatic heterocycles. The second-order valence-corrected chi connectivity index (χ2v) is 4.46. The third kappa shape index (κ3) is 3.70. The Hall–Kier alpha value is -2.60. The van der Waals surface area contributed by atoms with E-state index in [0.29, 0.717) is 10.7 Å². The molecule has 0 bridgehead atoms. The normalized spacial score (nSPS) is 10.0. The van der Waals surface area contributed by atoms with E-state index in [1.165, 1.54) is 0 Å². The molecule has 2 amide bonds. The number of carboxylic acid groups (broad SMARTS) is 1. The third-order valence-corrected chi connectivity index (χ3v) is 2.91. The first kappa shape index (κ1) is 14.8. The summed E-state index contributed by atoms with van der Waals surface area (Å²) >= 11 is 5.88. The number of nitrogens with one attached hydrogen (secondary N) is 2. The van der Waals surface area contributed by atoms with Crippen molar-refractivity contribution in [2.45, 2.75) is 0 Å². The van der Waals surface area contributed by atoms with Crippen LogP contribution in [0, 0.1) is 5.82 Å². The summed E-state index contributed by atoms with van der Waals surface area (Å²) in [5, 5.41) is 14.0. The SMILES string of the molecule is O=C(Nc1ccccc1Cl)Nc1cc(F)ccc1C(=O)O. The zero-order chi connectivity index (χ0) is 15.4. The Balaban J connectivity index is 2.18. The van der Waals surface area contributed by atoms with Crippen LogP contribution in [0.15, 0.2) is 42.5 Å². The van der Waals surface area contributed by atoms with Crippen molar-refractivity contribution < 1.29 is 19.1 Å². The topological polar surface area (TPSA) is 78.4 Å². The Morgan fingerprint density at radius 2 is 1.71 bits per heavy atom. The molecule has 0 radical (unpaired) electrons.